The fourth-order valence-electron chi connectivity index (χ4n) is 11.6. The first-order chi connectivity index (χ1) is 58.5. The minimum Gasteiger partial charge on any atom is -0.481 e. The van der Waals surface area contributed by atoms with E-state index >= 15 is 0 Å². The predicted molar refractivity (Wildman–Crippen MR) is 444 cm³/mol. The largest absolute Gasteiger partial charge is 0.481 e. The van der Waals surface area contributed by atoms with Crippen molar-refractivity contribution < 1.29 is 111 Å². The molecule has 1 aliphatic heterocycles. The number of hydrogen-bond acceptors (Lipinski definition) is 25. The Morgan fingerprint density at radius 1 is 0.360 bits per heavy atom. The maximum absolute atomic E-state index is 14.2. The molecule has 14 atom stereocenters. The number of nitrogens with zero attached hydrogens (tertiary/aromatic N) is 1. The number of nitrogens with two attached hydrogens (primary N) is 5. The van der Waals surface area contributed by atoms with Crippen LogP contribution in [0.5, 0.6) is 0 Å². The number of amides is 17. The van der Waals surface area contributed by atoms with Crippen LogP contribution in [-0.2, 0) is 95.9 Å². The minimum atomic E-state index is -1.98. The van der Waals surface area contributed by atoms with E-state index in [9.17, 15) is 106 Å². The summed E-state index contributed by atoms with van der Waals surface area (Å²) >= 11 is 0. The lowest BCUT2D eigenvalue weighted by atomic mass is 9.97. The highest BCUT2D eigenvalue weighted by atomic mass is 16.4. The zero-order valence-electron chi connectivity index (χ0n) is 71.3. The van der Waals surface area contributed by atoms with Gasteiger partial charge in [-0.05, 0) is 103 Å². The minimum absolute atomic E-state index is 0.00540. The molecule has 0 aromatic carbocycles. The monoisotopic (exact) mass is 1780 g/mol. The molecule has 125 heavy (non-hydrogen) atoms. The highest BCUT2D eigenvalue weighted by Gasteiger charge is 2.41. The van der Waals surface area contributed by atoms with Crippen molar-refractivity contribution in [1.82, 2.24) is 111 Å². The number of carbonyl (C=O) groups is 20. The summed E-state index contributed by atoms with van der Waals surface area (Å²) in [6, 6.07) is -18.9. The molecule has 1 aliphatic rings. The second kappa shape index (κ2) is 56.9. The molecule has 0 aromatic rings. The van der Waals surface area contributed by atoms with Crippen molar-refractivity contribution in [3.05, 3.63) is 0 Å². The fraction of sp³-hybridized carbons (Fsp3) is 0.667. The van der Waals surface area contributed by atoms with Gasteiger partial charge in [-0.2, -0.15) is 0 Å². The molecule has 0 bridgehead atoms. The van der Waals surface area contributed by atoms with Crippen LogP contribution in [0.3, 0.4) is 0 Å². The molecule has 1 fully saturated rings. The lowest BCUT2D eigenvalue weighted by Crippen LogP contribution is -2.60. The first kappa shape index (κ1) is 109. The smallest absolute Gasteiger partial charge is 0.326 e. The van der Waals surface area contributed by atoms with Gasteiger partial charge < -0.3 is 155 Å². The van der Waals surface area contributed by atoms with Gasteiger partial charge in [0.2, 0.25) is 100 Å². The van der Waals surface area contributed by atoms with E-state index in [4.69, 9.17) is 55.4 Å². The number of guanidine groups is 4. The van der Waals surface area contributed by atoms with Crippen LogP contribution in [0.4, 0.5) is 0 Å². The molecular weight excluding hydrogens is 1650 g/mol. The average Bonchev–Trinajstić information content (AvgIpc) is 1.72. The first-order valence-electron chi connectivity index (χ1n) is 40.2. The molecule has 0 spiro atoms. The van der Waals surface area contributed by atoms with Crippen molar-refractivity contribution in [2.45, 2.75) is 224 Å². The van der Waals surface area contributed by atoms with E-state index in [2.05, 4.69) is 101 Å². The van der Waals surface area contributed by atoms with Crippen molar-refractivity contribution in [3.63, 3.8) is 0 Å². The maximum atomic E-state index is 14.2. The third-order valence-electron chi connectivity index (χ3n) is 18.8. The van der Waals surface area contributed by atoms with Crippen LogP contribution < -0.4 is 135 Å². The molecule has 1 rings (SSSR count). The van der Waals surface area contributed by atoms with E-state index in [-0.39, 0.29) is 102 Å². The van der Waals surface area contributed by atoms with Crippen LogP contribution in [0, 0.1) is 39.4 Å². The van der Waals surface area contributed by atoms with Gasteiger partial charge in [0.05, 0.1) is 51.6 Å². The molecule has 702 valence electrons. The van der Waals surface area contributed by atoms with Crippen LogP contribution in [0.2, 0.25) is 0 Å². The fourth-order valence-corrected chi connectivity index (χ4v) is 11.6. The summed E-state index contributed by atoms with van der Waals surface area (Å²) in [5.74, 6) is -23.8. The number of hydrogen-bond donors (Lipinski definition) is 32. The number of likely N-dealkylation sites (tertiary alicyclic amines) is 1. The molecule has 53 nitrogen and oxygen atoms in total. The SMILES string of the molecule is CC[C@H](C)[C@H](N)C(=O)N[C@H](C(=O)N[C@@H](CCCNC(=N)N)C(=O)N[C@@H](CCCNC(=N)N)C(=O)N[C@@H](C)C(=O)N[C@@H](CC(=O)O)C(=O)N[C@@H](CCCNC(=N)N)C(=O)N[C@@H](C)C(=O)N[C@@H](C)C(=O)N[C@H](C(=O)N1CCC[C@H]1C(=O)NCC(=O)NCC(=O)NCC(=O)NCC(=O)N[C@@H](CCCNC(=N)N)C(=O)NCC(=O)N[C@@H](CC(=O)O)C(=O)O)C(C)C)C(C)C. The quantitative estimate of drug-likeness (QED) is 0.0153. The van der Waals surface area contributed by atoms with Crippen molar-refractivity contribution in [3.8, 4) is 0 Å². The second-order valence-corrected chi connectivity index (χ2v) is 30.0. The maximum Gasteiger partial charge on any atom is 0.326 e. The van der Waals surface area contributed by atoms with Crippen LogP contribution >= 0.6 is 0 Å². The molecule has 1 saturated heterocycles. The first-order valence-corrected chi connectivity index (χ1v) is 40.2. The van der Waals surface area contributed by atoms with Gasteiger partial charge in [-0.3, -0.25) is 113 Å². The third-order valence-corrected chi connectivity index (χ3v) is 18.8. The lowest BCUT2D eigenvalue weighted by molar-refractivity contribution is -0.147. The molecule has 0 radical (unpaired) electrons. The van der Waals surface area contributed by atoms with Crippen molar-refractivity contribution in [2.24, 2.45) is 46.4 Å². The Balaban J connectivity index is 3.15. The summed E-state index contributed by atoms with van der Waals surface area (Å²) in [5.41, 5.74) is 27.8. The molecule has 37 N–H and O–H groups in total. The van der Waals surface area contributed by atoms with E-state index in [1.165, 1.54) is 18.7 Å². The van der Waals surface area contributed by atoms with Gasteiger partial charge >= 0.3 is 17.9 Å². The van der Waals surface area contributed by atoms with Gasteiger partial charge in [0.1, 0.15) is 72.5 Å². The van der Waals surface area contributed by atoms with Crippen molar-refractivity contribution in [1.29, 1.82) is 21.6 Å². The number of carboxylic acids is 3. The van der Waals surface area contributed by atoms with E-state index < -0.39 is 272 Å². The van der Waals surface area contributed by atoms with Gasteiger partial charge in [-0.25, -0.2) is 4.79 Å². The number of rotatable bonds is 58. The van der Waals surface area contributed by atoms with Crippen LogP contribution in [-0.4, -0.2) is 306 Å². The number of carbonyl (C=O) groups excluding carboxylic acids is 17. The molecular formula is C72H126N30O23. The molecule has 0 saturated carbocycles. The standard InChI is InChI=1S/C72H126N30O23/c1-10-35(6)53(73)65(121)100-54(33(2)3)66(122)98-42(19-14-24-85-72(80)81)62(118)96-40(17-12-22-83-70(76)77)60(116)93-37(8)57(113)99-43(26-51(108)109)63(119)97-41(18-13-23-84-71(78)79)61(117)92-36(7)56(112)91-38(9)58(114)101-55(34(4)5)67(123)102-25-15-20-45(102)64(120)90-30-48(105)87-28-46(103)86-29-47(104)88-31-49(106)94-39(16-11-21-82-69(74)75)59(115)89-32-50(107)95-44(68(124)125)27-52(110)111/h33-45,53-55H,10-32,73H2,1-9H3,(H,86,103)(H,87,105)(H,88,104)(H,89,115)(H,90,120)(H,91,112)(H,92,117)(H,93,116)(H,94,106)(H,95,107)(H,96,118)(H,97,119)(H,98,122)(H,99,113)(H,100,121)(H,101,114)(H,108,109)(H,110,111)(H,124,125)(H4,74,75,82)(H4,76,77,83)(H4,78,79,84)(H4,80,81,85)/t35-,36-,37-,38-,39-,40-,41-,42-,43-,44-,45-,53-,54-,55-/m0/s1. The Bertz CT molecular complexity index is 3830. The summed E-state index contributed by atoms with van der Waals surface area (Å²) in [4.78, 5) is 265. The van der Waals surface area contributed by atoms with Gasteiger partial charge in [0, 0.05) is 32.7 Å². The summed E-state index contributed by atoms with van der Waals surface area (Å²) in [7, 11) is 0. The Morgan fingerprint density at radius 2 is 0.680 bits per heavy atom. The third kappa shape index (κ3) is 44.2. The average molecular weight is 1780 g/mol. The summed E-state index contributed by atoms with van der Waals surface area (Å²) < 4.78 is 0. The van der Waals surface area contributed by atoms with Crippen molar-refractivity contribution >= 4 is 142 Å². The Kier molecular flexibility index (Phi) is 49.8. The number of carboxylic acid groups (broad SMARTS) is 3. The Hall–Kier alpha value is -13.6. The number of nitrogens with one attached hydrogen (secondary N) is 24. The van der Waals surface area contributed by atoms with E-state index in [0.29, 0.717) is 12.8 Å². The zero-order chi connectivity index (χ0) is 95.1. The van der Waals surface area contributed by atoms with Gasteiger partial charge in [0.25, 0.3) is 0 Å². The van der Waals surface area contributed by atoms with Crippen LogP contribution in [0.25, 0.3) is 0 Å². The lowest BCUT2D eigenvalue weighted by Gasteiger charge is -2.31. The summed E-state index contributed by atoms with van der Waals surface area (Å²) in [6.45, 7) is 10.0. The summed E-state index contributed by atoms with van der Waals surface area (Å²) in [6.07, 6.45) is -1.54. The van der Waals surface area contributed by atoms with Crippen LogP contribution in [0.15, 0.2) is 0 Å². The highest BCUT2D eigenvalue weighted by Crippen LogP contribution is 2.21. The van der Waals surface area contributed by atoms with Gasteiger partial charge in [0.15, 0.2) is 23.8 Å². The highest BCUT2D eigenvalue weighted by molar-refractivity contribution is 6.01. The molecule has 0 aromatic heterocycles. The van der Waals surface area contributed by atoms with Gasteiger partial charge in [-0.15, -0.1) is 0 Å². The van der Waals surface area contributed by atoms with Gasteiger partial charge in [-0.1, -0.05) is 48.0 Å². The second-order valence-electron chi connectivity index (χ2n) is 30.0. The molecule has 53 heteroatoms. The van der Waals surface area contributed by atoms with E-state index in [1.54, 1.807) is 34.6 Å². The van der Waals surface area contributed by atoms with E-state index in [0.717, 1.165) is 6.92 Å². The molecule has 0 aliphatic carbocycles. The van der Waals surface area contributed by atoms with Crippen molar-refractivity contribution in [2.75, 3.05) is 65.4 Å². The normalized spacial score (nSPS) is 15.2. The zero-order valence-corrected chi connectivity index (χ0v) is 71.3. The predicted octanol–water partition coefficient (Wildman–Crippen LogP) is -12.3. The summed E-state index contributed by atoms with van der Waals surface area (Å²) in [5, 5.41) is 106. The molecule has 17 amide bonds. The Morgan fingerprint density at radius 3 is 1.07 bits per heavy atom. The number of aliphatic carboxylic acids is 3. The topological polar surface area (TPSA) is 871 Å². The van der Waals surface area contributed by atoms with E-state index in [1.807, 2.05) is 12.2 Å². The molecule has 1 heterocycles. The molecule has 0 unspecified atom stereocenters. The Labute approximate surface area is 719 Å². The van der Waals surface area contributed by atoms with Crippen LogP contribution in [0.1, 0.15) is 146 Å².